The molecule has 1 atom stereocenters. The summed E-state index contributed by atoms with van der Waals surface area (Å²) in [7, 11) is 0. The normalized spacial score (nSPS) is 13.6. The van der Waals surface area contributed by atoms with Crippen molar-refractivity contribution in [2.75, 3.05) is 6.29 Å². The summed E-state index contributed by atoms with van der Waals surface area (Å²) in [6.45, 7) is -0.549. The van der Waals surface area contributed by atoms with Gasteiger partial charge < -0.3 is 10.0 Å². The summed E-state index contributed by atoms with van der Waals surface area (Å²) in [5.74, 6) is -3.78. The molecule has 1 unspecified atom stereocenters. The zero-order valence-corrected chi connectivity index (χ0v) is 10.9. The highest BCUT2D eigenvalue weighted by Gasteiger charge is 2.46. The van der Waals surface area contributed by atoms with Crippen LogP contribution in [0.5, 0.6) is 0 Å². The highest BCUT2D eigenvalue weighted by molar-refractivity contribution is 8.03. The van der Waals surface area contributed by atoms with Gasteiger partial charge in [-0.25, -0.2) is 4.79 Å². The second-order valence-electron chi connectivity index (χ2n) is 2.98. The van der Waals surface area contributed by atoms with Crippen LogP contribution in [0, 0.1) is 0 Å². The van der Waals surface area contributed by atoms with Gasteiger partial charge in [-0.3, -0.25) is 4.79 Å². The van der Waals surface area contributed by atoms with Gasteiger partial charge >= 0.3 is 18.1 Å². The number of alkyl halides is 3. The van der Waals surface area contributed by atoms with Gasteiger partial charge in [-0.15, -0.1) is 0 Å². The molecule has 1 amide bonds. The lowest BCUT2D eigenvalue weighted by Crippen LogP contribution is -2.49. The Morgan fingerprint density at radius 2 is 1.88 bits per heavy atom. The minimum Gasteiger partial charge on any atom is -0.480 e. The van der Waals surface area contributed by atoms with E-state index in [0.29, 0.717) is 0 Å². The van der Waals surface area contributed by atoms with Crippen LogP contribution in [0.4, 0.5) is 13.2 Å². The fourth-order valence-electron chi connectivity index (χ4n) is 1.11. The van der Waals surface area contributed by atoms with Crippen LogP contribution < -0.4 is 0 Å². The number of nitrogens with zero attached hydrogens (tertiary/aromatic N) is 1. The Bertz CT molecular complexity index is 301. The first-order valence-corrected chi connectivity index (χ1v) is 7.64. The average molecular weight is 314 g/mol. The van der Waals surface area contributed by atoms with Crippen LogP contribution >= 0.6 is 29.1 Å². The Kier molecular flexibility index (Phi) is 6.51. The van der Waals surface area contributed by atoms with Crippen LogP contribution in [0.25, 0.3) is 0 Å². The summed E-state index contributed by atoms with van der Waals surface area (Å²) >= 11 is 10.7. The van der Waals surface area contributed by atoms with Gasteiger partial charge in [0.05, 0.1) is 6.29 Å². The van der Waals surface area contributed by atoms with E-state index in [-0.39, 0.29) is 11.3 Å². The number of rotatable bonds is 5. The molecule has 4 nitrogen and oxygen atoms in total. The molecule has 0 rings (SSSR count). The molecule has 0 saturated heterocycles. The van der Waals surface area contributed by atoms with E-state index in [1.807, 2.05) is 0 Å². The van der Waals surface area contributed by atoms with E-state index in [0.717, 1.165) is 0 Å². The predicted octanol–water partition coefficient (Wildman–Crippen LogP) is 2.99. The molecule has 100 valence electrons. The highest BCUT2D eigenvalue weighted by atomic mass is 35.9. The van der Waals surface area contributed by atoms with Crippen molar-refractivity contribution in [3.63, 3.8) is 0 Å². The molecule has 0 aliphatic rings. The van der Waals surface area contributed by atoms with Crippen LogP contribution in [-0.2, 0) is 9.59 Å². The van der Waals surface area contributed by atoms with Gasteiger partial charge in [0.2, 0.25) is 0 Å². The Hall–Kier alpha value is -0.260. The lowest BCUT2D eigenvalue weighted by molar-refractivity contribution is -0.188. The highest BCUT2D eigenvalue weighted by Crippen LogP contribution is 2.48. The molecule has 0 heterocycles. The van der Waals surface area contributed by atoms with Crippen LogP contribution in [0.15, 0.2) is 0 Å². The number of hydrogen-bond donors (Lipinski definition) is 1. The zero-order chi connectivity index (χ0) is 13.8. The van der Waals surface area contributed by atoms with Gasteiger partial charge in [0.1, 0.15) is 12.7 Å². The second-order valence-corrected chi connectivity index (χ2v) is 6.84. The molecule has 0 aliphatic carbocycles. The molecule has 17 heavy (non-hydrogen) atoms. The summed E-state index contributed by atoms with van der Waals surface area (Å²) in [5.41, 5.74) is 0. The summed E-state index contributed by atoms with van der Waals surface area (Å²) in [6, 6.07) is -1.59. The van der Waals surface area contributed by atoms with Crippen LogP contribution in [0.3, 0.4) is 0 Å². The minimum absolute atomic E-state index is 0.147. The van der Waals surface area contributed by atoms with Crippen molar-refractivity contribution < 1.29 is 27.9 Å². The third-order valence-corrected chi connectivity index (χ3v) is 2.97. The van der Waals surface area contributed by atoms with Gasteiger partial charge in [-0.1, -0.05) is 29.4 Å². The van der Waals surface area contributed by atoms with Crippen LogP contribution in [0.2, 0.25) is 0 Å². The van der Waals surface area contributed by atoms with Gasteiger partial charge in [0.25, 0.3) is 0 Å². The van der Waals surface area contributed by atoms with Crippen molar-refractivity contribution >= 4 is 41.0 Å². The molecule has 0 aromatic rings. The first-order valence-electron chi connectivity index (χ1n) is 4.31. The Labute approximate surface area is 106 Å². The number of carboxylic acids is 1. The number of halogens is 5. The second kappa shape index (κ2) is 6.61. The summed E-state index contributed by atoms with van der Waals surface area (Å²) in [4.78, 5) is 21.9. The number of aliphatic carboxylic acids is 1. The summed E-state index contributed by atoms with van der Waals surface area (Å²) in [5, 5.41) is 8.73. The van der Waals surface area contributed by atoms with E-state index in [4.69, 9.17) is 27.6 Å². The topological polar surface area (TPSA) is 57.6 Å². The van der Waals surface area contributed by atoms with Gasteiger partial charge in [-0.05, 0) is 6.42 Å². The smallest absolute Gasteiger partial charge is 0.471 e. The molecule has 10 heteroatoms. The molecular weight excluding hydrogens is 305 g/mol. The van der Waals surface area contributed by atoms with Crippen molar-refractivity contribution in [2.45, 2.75) is 25.6 Å². The van der Waals surface area contributed by atoms with Gasteiger partial charge in [0, 0.05) is 0 Å². The van der Waals surface area contributed by atoms with Crippen molar-refractivity contribution in [1.82, 2.24) is 4.90 Å². The Morgan fingerprint density at radius 1 is 1.41 bits per heavy atom. The fourth-order valence-corrected chi connectivity index (χ4v) is 2.36. The maximum absolute atomic E-state index is 12.2. The number of amides is 1. The fraction of sp³-hybridized carbons (Fsp3) is 0.714. The quantitative estimate of drug-likeness (QED) is 0.794. The number of hydrogen-bond acceptors (Lipinski definition) is 2. The van der Waals surface area contributed by atoms with Gasteiger partial charge in [0.15, 0.2) is 0 Å². The van der Waals surface area contributed by atoms with Crippen LogP contribution in [-0.4, -0.2) is 40.4 Å². The van der Waals surface area contributed by atoms with Crippen molar-refractivity contribution in [3.05, 3.63) is 0 Å². The van der Waals surface area contributed by atoms with Crippen molar-refractivity contribution in [3.8, 4) is 0 Å². The molecule has 1 N–H and O–H groups in total. The molecule has 0 aromatic carbocycles. The monoisotopic (exact) mass is 313 g/mol. The standard InChI is InChI=1S/C7H9Cl2F3NO3P/c1-2-4(5(14)15)13(3-17(8)9)6(16)7(10,11)12/h4H,2-3H2,1H3,(H,14,15). The first kappa shape index (κ1) is 16.7. The largest absolute Gasteiger partial charge is 0.480 e. The first-order chi connectivity index (χ1) is 7.61. The maximum atomic E-state index is 12.2. The lowest BCUT2D eigenvalue weighted by Gasteiger charge is -2.28. The van der Waals surface area contributed by atoms with Crippen molar-refractivity contribution in [2.24, 2.45) is 0 Å². The van der Waals surface area contributed by atoms with Gasteiger partial charge in [-0.2, -0.15) is 13.2 Å². The number of carbonyl (C=O) groups is 2. The van der Waals surface area contributed by atoms with E-state index in [2.05, 4.69) is 0 Å². The third-order valence-electron chi connectivity index (χ3n) is 1.81. The molecule has 0 aliphatic heterocycles. The van der Waals surface area contributed by atoms with E-state index in [1.165, 1.54) is 6.92 Å². The van der Waals surface area contributed by atoms with Crippen molar-refractivity contribution in [1.29, 1.82) is 0 Å². The number of carboxylic acid groups (broad SMARTS) is 1. The average Bonchev–Trinajstić information content (AvgIpc) is 2.13. The maximum Gasteiger partial charge on any atom is 0.471 e. The van der Waals surface area contributed by atoms with E-state index in [9.17, 15) is 22.8 Å². The SMILES string of the molecule is CCC(C(=O)O)N(CP(Cl)Cl)C(=O)C(F)(F)F. The molecule has 0 bridgehead atoms. The number of carbonyl (C=O) groups excluding carboxylic acids is 1. The zero-order valence-electron chi connectivity index (χ0n) is 8.54. The minimum atomic E-state index is -5.15. The molecule has 0 aromatic heterocycles. The van der Waals surface area contributed by atoms with Crippen LogP contribution in [0.1, 0.15) is 13.3 Å². The molecule has 0 spiro atoms. The molecule has 0 saturated carbocycles. The van der Waals surface area contributed by atoms with E-state index < -0.39 is 37.0 Å². The lowest BCUT2D eigenvalue weighted by atomic mass is 10.2. The summed E-state index contributed by atoms with van der Waals surface area (Å²) in [6.07, 6.45) is -5.96. The molecule has 0 fully saturated rings. The van der Waals surface area contributed by atoms with E-state index >= 15 is 0 Å². The Morgan fingerprint density at radius 3 is 2.12 bits per heavy atom. The summed E-state index contributed by atoms with van der Waals surface area (Å²) < 4.78 is 36.7. The Balaban J connectivity index is 5.12. The van der Waals surface area contributed by atoms with E-state index in [1.54, 1.807) is 0 Å². The molecular formula is C7H9Cl2F3NO3P. The molecule has 0 radical (unpaired) electrons. The predicted molar refractivity (Wildman–Crippen MR) is 58.1 cm³/mol. The third kappa shape index (κ3) is 5.27.